The summed E-state index contributed by atoms with van der Waals surface area (Å²) in [5.74, 6) is 0.595. The first-order valence-corrected chi connectivity index (χ1v) is 6.62. The number of rotatable bonds is 1. The Morgan fingerprint density at radius 3 is 2.47 bits per heavy atom. The van der Waals surface area contributed by atoms with Crippen LogP contribution >= 0.6 is 0 Å². The molecular formula is C13H25NO. The van der Waals surface area contributed by atoms with Gasteiger partial charge in [0.15, 0.2) is 0 Å². The summed E-state index contributed by atoms with van der Waals surface area (Å²) in [5, 5.41) is 10.8. The van der Waals surface area contributed by atoms with Crippen LogP contribution in [-0.4, -0.2) is 35.7 Å². The Kier molecular flexibility index (Phi) is 3.68. The molecule has 0 bridgehead atoms. The van der Waals surface area contributed by atoms with Gasteiger partial charge in [0.1, 0.15) is 0 Å². The van der Waals surface area contributed by atoms with E-state index in [0.29, 0.717) is 5.92 Å². The second-order valence-electron chi connectivity index (χ2n) is 5.60. The molecule has 1 N–H and O–H groups in total. The van der Waals surface area contributed by atoms with E-state index in [9.17, 15) is 5.11 Å². The second-order valence-corrected chi connectivity index (χ2v) is 5.60. The smallest absolute Gasteiger partial charge is 0.0688 e. The molecule has 2 nitrogen and oxygen atoms in total. The van der Waals surface area contributed by atoms with Gasteiger partial charge in [0.05, 0.1) is 5.60 Å². The van der Waals surface area contributed by atoms with Crippen molar-refractivity contribution in [1.29, 1.82) is 0 Å². The number of hydrogen-bond donors (Lipinski definition) is 1. The lowest BCUT2D eigenvalue weighted by Gasteiger charge is -2.38. The molecule has 1 aliphatic carbocycles. The quantitative estimate of drug-likeness (QED) is 0.720. The first-order chi connectivity index (χ1) is 7.21. The molecule has 0 amide bonds. The Morgan fingerprint density at radius 1 is 1.00 bits per heavy atom. The largest absolute Gasteiger partial charge is 0.390 e. The van der Waals surface area contributed by atoms with Gasteiger partial charge in [-0.15, -0.1) is 0 Å². The molecule has 2 fully saturated rings. The van der Waals surface area contributed by atoms with Crippen molar-refractivity contribution < 1.29 is 5.11 Å². The molecule has 2 rings (SSSR count). The van der Waals surface area contributed by atoms with E-state index in [1.807, 2.05) is 0 Å². The van der Waals surface area contributed by atoms with Crippen molar-refractivity contribution in [2.24, 2.45) is 5.92 Å². The third-order valence-electron chi connectivity index (χ3n) is 4.44. The van der Waals surface area contributed by atoms with E-state index in [1.165, 1.54) is 38.5 Å². The molecule has 0 aromatic rings. The monoisotopic (exact) mass is 211 g/mol. The van der Waals surface area contributed by atoms with Crippen LogP contribution in [0.4, 0.5) is 0 Å². The van der Waals surface area contributed by atoms with E-state index >= 15 is 0 Å². The van der Waals surface area contributed by atoms with Crippen LogP contribution in [0.3, 0.4) is 0 Å². The summed E-state index contributed by atoms with van der Waals surface area (Å²) < 4.78 is 0. The molecular weight excluding hydrogens is 186 g/mol. The highest BCUT2D eigenvalue weighted by molar-refractivity contribution is 4.90. The van der Waals surface area contributed by atoms with Gasteiger partial charge in [0.25, 0.3) is 0 Å². The van der Waals surface area contributed by atoms with Gasteiger partial charge < -0.3 is 10.0 Å². The number of likely N-dealkylation sites (tertiary alicyclic amines) is 1. The van der Waals surface area contributed by atoms with Gasteiger partial charge >= 0.3 is 0 Å². The molecule has 0 spiro atoms. The fourth-order valence-corrected chi connectivity index (χ4v) is 3.32. The van der Waals surface area contributed by atoms with Gasteiger partial charge in [0, 0.05) is 6.54 Å². The van der Waals surface area contributed by atoms with Crippen molar-refractivity contribution in [2.75, 3.05) is 20.1 Å². The van der Waals surface area contributed by atoms with Crippen LogP contribution in [0.2, 0.25) is 0 Å². The number of aliphatic hydroxyl groups is 1. The molecule has 15 heavy (non-hydrogen) atoms. The molecule has 0 aromatic carbocycles. The maximum atomic E-state index is 10.8. The summed E-state index contributed by atoms with van der Waals surface area (Å²) in [4.78, 5) is 2.36. The third-order valence-corrected chi connectivity index (χ3v) is 4.44. The van der Waals surface area contributed by atoms with Gasteiger partial charge in [-0.2, -0.15) is 0 Å². The Bertz CT molecular complexity index is 201. The van der Waals surface area contributed by atoms with Crippen LogP contribution in [0, 0.1) is 5.92 Å². The van der Waals surface area contributed by atoms with Crippen LogP contribution in [0.5, 0.6) is 0 Å². The molecule has 88 valence electrons. The minimum absolute atomic E-state index is 0.328. The molecule has 1 saturated heterocycles. The summed E-state index contributed by atoms with van der Waals surface area (Å²) in [7, 11) is 2.17. The van der Waals surface area contributed by atoms with Crippen molar-refractivity contribution >= 4 is 0 Å². The highest BCUT2D eigenvalue weighted by Crippen LogP contribution is 2.38. The second kappa shape index (κ2) is 4.84. The summed E-state index contributed by atoms with van der Waals surface area (Å²) in [6, 6.07) is 0. The molecule has 1 unspecified atom stereocenters. The molecule has 1 saturated carbocycles. The van der Waals surface area contributed by atoms with E-state index < -0.39 is 0 Å². The zero-order valence-corrected chi connectivity index (χ0v) is 10.0. The normalized spacial score (nSPS) is 36.4. The van der Waals surface area contributed by atoms with Crippen LogP contribution in [0.25, 0.3) is 0 Å². The van der Waals surface area contributed by atoms with Crippen LogP contribution in [0.15, 0.2) is 0 Å². The van der Waals surface area contributed by atoms with Crippen molar-refractivity contribution in [3.05, 3.63) is 0 Å². The third kappa shape index (κ3) is 2.73. The van der Waals surface area contributed by atoms with E-state index in [2.05, 4.69) is 11.9 Å². The molecule has 1 atom stereocenters. The Labute approximate surface area is 93.7 Å². The van der Waals surface area contributed by atoms with E-state index in [4.69, 9.17) is 0 Å². The summed E-state index contributed by atoms with van der Waals surface area (Å²) in [5.41, 5.74) is -0.328. The first kappa shape index (κ1) is 11.4. The maximum absolute atomic E-state index is 10.8. The average molecular weight is 211 g/mol. The van der Waals surface area contributed by atoms with Crippen LogP contribution in [0.1, 0.15) is 51.4 Å². The summed E-state index contributed by atoms with van der Waals surface area (Å²) >= 11 is 0. The van der Waals surface area contributed by atoms with Gasteiger partial charge in [0.2, 0.25) is 0 Å². The van der Waals surface area contributed by atoms with Gasteiger partial charge in [-0.1, -0.05) is 19.3 Å². The molecule has 1 aliphatic heterocycles. The average Bonchev–Trinajstić information content (AvgIpc) is 2.44. The van der Waals surface area contributed by atoms with Gasteiger partial charge in [-0.05, 0) is 51.6 Å². The molecule has 0 aromatic heterocycles. The summed E-state index contributed by atoms with van der Waals surface area (Å²) in [6.45, 7) is 2.24. The lowest BCUT2D eigenvalue weighted by Crippen LogP contribution is -2.39. The van der Waals surface area contributed by atoms with E-state index in [1.54, 1.807) is 0 Å². The topological polar surface area (TPSA) is 23.5 Å². The highest BCUT2D eigenvalue weighted by atomic mass is 16.3. The zero-order valence-electron chi connectivity index (χ0n) is 10.0. The van der Waals surface area contributed by atoms with Crippen LogP contribution < -0.4 is 0 Å². The SMILES string of the molecule is CN1CCCC(O)(C2CCCCC2)CC1. The Hall–Kier alpha value is -0.0800. The molecule has 0 radical (unpaired) electrons. The predicted molar refractivity (Wildman–Crippen MR) is 62.9 cm³/mol. The van der Waals surface area contributed by atoms with E-state index in [-0.39, 0.29) is 5.60 Å². The van der Waals surface area contributed by atoms with Gasteiger partial charge in [-0.3, -0.25) is 0 Å². The Morgan fingerprint density at radius 2 is 1.73 bits per heavy atom. The fraction of sp³-hybridized carbons (Fsp3) is 1.00. The molecule has 2 heteroatoms. The van der Waals surface area contributed by atoms with Crippen molar-refractivity contribution in [3.63, 3.8) is 0 Å². The maximum Gasteiger partial charge on any atom is 0.0688 e. The van der Waals surface area contributed by atoms with Crippen LogP contribution in [-0.2, 0) is 0 Å². The van der Waals surface area contributed by atoms with E-state index in [0.717, 1.165) is 25.9 Å². The first-order valence-electron chi connectivity index (χ1n) is 6.62. The molecule has 2 aliphatic rings. The lowest BCUT2D eigenvalue weighted by atomic mass is 9.73. The fourth-order valence-electron chi connectivity index (χ4n) is 3.32. The minimum atomic E-state index is -0.328. The lowest BCUT2D eigenvalue weighted by molar-refractivity contribution is -0.0441. The highest BCUT2D eigenvalue weighted by Gasteiger charge is 2.37. The van der Waals surface area contributed by atoms with Gasteiger partial charge in [-0.25, -0.2) is 0 Å². The Balaban J connectivity index is 1.97. The van der Waals surface area contributed by atoms with Crippen molar-refractivity contribution in [1.82, 2.24) is 4.90 Å². The number of nitrogens with zero attached hydrogens (tertiary/aromatic N) is 1. The van der Waals surface area contributed by atoms with Crippen molar-refractivity contribution in [2.45, 2.75) is 57.0 Å². The predicted octanol–water partition coefficient (Wildman–Crippen LogP) is 2.41. The molecule has 1 heterocycles. The standard InChI is InChI=1S/C13H25NO/c1-14-10-5-8-13(15,9-11-14)12-6-3-2-4-7-12/h12,15H,2-11H2,1H3. The van der Waals surface area contributed by atoms with Crippen molar-refractivity contribution in [3.8, 4) is 0 Å². The zero-order chi connectivity index (χ0) is 10.7. The number of hydrogen-bond acceptors (Lipinski definition) is 2. The summed E-state index contributed by atoms with van der Waals surface area (Å²) in [6.07, 6.45) is 9.78. The minimum Gasteiger partial charge on any atom is -0.390 e.